The number of alkyl halides is 1. The number of hydrogen-bond donors (Lipinski definition) is 1. The van der Waals surface area contributed by atoms with E-state index in [1.807, 2.05) is 24.3 Å². The number of rotatable bonds is 5. The molecule has 0 spiro atoms. The Hall–Kier alpha value is -2.14. The Morgan fingerprint density at radius 2 is 1.50 bits per heavy atom. The molecule has 0 bridgehead atoms. The molecule has 1 fully saturated rings. The lowest BCUT2D eigenvalue weighted by atomic mass is 9.84. The zero-order chi connectivity index (χ0) is 19.5. The number of alkyl carbamates (subject to hydrolysis) is 1. The molecule has 2 aromatic rings. The van der Waals surface area contributed by atoms with Crippen molar-refractivity contribution in [2.45, 2.75) is 37.6 Å². The monoisotopic (exact) mass is 441 g/mol. The number of fused-ring (bicyclic) bond motifs is 3. The van der Waals surface area contributed by atoms with Crippen LogP contribution in [0, 0.1) is 5.92 Å². The zero-order valence-electron chi connectivity index (χ0n) is 15.7. The van der Waals surface area contributed by atoms with Crippen molar-refractivity contribution in [2.24, 2.45) is 5.92 Å². The van der Waals surface area contributed by atoms with Crippen molar-refractivity contribution in [3.8, 4) is 11.1 Å². The highest BCUT2D eigenvalue weighted by atomic mass is 79.9. The minimum atomic E-state index is -0.364. The first-order valence-electron chi connectivity index (χ1n) is 9.87. The minimum Gasteiger partial charge on any atom is -0.449 e. The molecule has 2 aromatic carbocycles. The first-order chi connectivity index (χ1) is 13.7. The van der Waals surface area contributed by atoms with Crippen LogP contribution in [0.2, 0.25) is 0 Å². The van der Waals surface area contributed by atoms with Gasteiger partial charge in [-0.05, 0) is 47.9 Å². The average Bonchev–Trinajstić information content (AvgIpc) is 3.06. The van der Waals surface area contributed by atoms with Gasteiger partial charge in [0.15, 0.2) is 0 Å². The van der Waals surface area contributed by atoms with Gasteiger partial charge in [-0.1, -0.05) is 64.5 Å². The molecule has 2 aliphatic rings. The fourth-order valence-electron chi connectivity index (χ4n) is 4.48. The standard InChI is InChI=1S/C23H24BrNO3/c24-13-22(26)15-9-11-16(12-10-15)25-23(27)28-14-21-19-7-3-1-5-17(19)18-6-2-4-8-20(18)21/h1-8,15-16,21H,9-14H2,(H,25,27). The van der Waals surface area contributed by atoms with E-state index in [1.165, 1.54) is 22.3 Å². The number of benzene rings is 2. The molecule has 0 atom stereocenters. The van der Waals surface area contributed by atoms with E-state index in [2.05, 4.69) is 45.5 Å². The fourth-order valence-corrected chi connectivity index (χ4v) is 4.93. The molecule has 0 heterocycles. The lowest BCUT2D eigenvalue weighted by Crippen LogP contribution is -2.39. The Balaban J connectivity index is 1.34. The zero-order valence-corrected chi connectivity index (χ0v) is 17.3. The van der Waals surface area contributed by atoms with Gasteiger partial charge >= 0.3 is 6.09 Å². The number of carbonyl (C=O) groups is 2. The van der Waals surface area contributed by atoms with Gasteiger partial charge in [-0.15, -0.1) is 0 Å². The predicted molar refractivity (Wildman–Crippen MR) is 113 cm³/mol. The minimum absolute atomic E-state index is 0.0745. The maximum Gasteiger partial charge on any atom is 0.407 e. The van der Waals surface area contributed by atoms with Crippen LogP contribution in [-0.2, 0) is 9.53 Å². The SMILES string of the molecule is O=C(NC1CCC(C(=O)CBr)CC1)OCC1c2ccccc2-c2ccccc21. The molecule has 0 aromatic heterocycles. The van der Waals surface area contributed by atoms with Crippen molar-refractivity contribution < 1.29 is 14.3 Å². The van der Waals surface area contributed by atoms with E-state index in [9.17, 15) is 9.59 Å². The molecule has 4 rings (SSSR count). The van der Waals surface area contributed by atoms with Crippen LogP contribution in [0.1, 0.15) is 42.7 Å². The fraction of sp³-hybridized carbons (Fsp3) is 0.391. The van der Waals surface area contributed by atoms with Crippen LogP contribution in [0.4, 0.5) is 4.79 Å². The largest absolute Gasteiger partial charge is 0.449 e. The topological polar surface area (TPSA) is 55.4 Å². The first kappa shape index (κ1) is 19.2. The molecular weight excluding hydrogens is 418 g/mol. The number of amides is 1. The summed E-state index contributed by atoms with van der Waals surface area (Å²) in [6.45, 7) is 0.331. The number of hydrogen-bond acceptors (Lipinski definition) is 3. The lowest BCUT2D eigenvalue weighted by Gasteiger charge is -2.27. The third kappa shape index (κ3) is 3.86. The highest BCUT2D eigenvalue weighted by molar-refractivity contribution is 9.09. The van der Waals surface area contributed by atoms with Gasteiger partial charge in [0.25, 0.3) is 0 Å². The van der Waals surface area contributed by atoms with E-state index in [1.54, 1.807) is 0 Å². The number of nitrogens with one attached hydrogen (secondary N) is 1. The Morgan fingerprint density at radius 3 is 2.07 bits per heavy atom. The number of Topliss-reactive ketones (excluding diaryl/α,β-unsaturated/α-hetero) is 1. The van der Waals surface area contributed by atoms with E-state index in [0.29, 0.717) is 11.9 Å². The van der Waals surface area contributed by atoms with Crippen LogP contribution in [0.25, 0.3) is 11.1 Å². The van der Waals surface area contributed by atoms with Gasteiger partial charge in [-0.25, -0.2) is 4.79 Å². The van der Waals surface area contributed by atoms with E-state index >= 15 is 0 Å². The van der Waals surface area contributed by atoms with Crippen molar-refractivity contribution in [1.82, 2.24) is 5.32 Å². The molecule has 1 N–H and O–H groups in total. The van der Waals surface area contributed by atoms with Gasteiger partial charge in [-0.2, -0.15) is 0 Å². The Labute approximate surface area is 173 Å². The van der Waals surface area contributed by atoms with Crippen LogP contribution in [0.3, 0.4) is 0 Å². The maximum atomic E-state index is 12.4. The molecule has 0 radical (unpaired) electrons. The molecule has 1 saturated carbocycles. The Kier molecular flexibility index (Phi) is 5.81. The summed E-state index contributed by atoms with van der Waals surface area (Å²) in [6, 6.07) is 16.7. The number of ether oxygens (including phenoxy) is 1. The molecule has 0 aliphatic heterocycles. The molecule has 146 valence electrons. The summed E-state index contributed by atoms with van der Waals surface area (Å²) in [5.41, 5.74) is 4.87. The normalized spacial score (nSPS) is 20.9. The Bertz CT molecular complexity index is 828. The smallest absolute Gasteiger partial charge is 0.407 e. The number of carbonyl (C=O) groups excluding carboxylic acids is 2. The van der Waals surface area contributed by atoms with E-state index in [4.69, 9.17) is 4.74 Å². The van der Waals surface area contributed by atoms with Crippen molar-refractivity contribution >= 4 is 27.8 Å². The molecule has 1 amide bonds. The summed E-state index contributed by atoms with van der Waals surface area (Å²) in [4.78, 5) is 24.1. The quantitative estimate of drug-likeness (QED) is 0.660. The third-order valence-corrected chi connectivity index (χ3v) is 6.53. The molecule has 4 nitrogen and oxygen atoms in total. The van der Waals surface area contributed by atoms with Crippen LogP contribution in [-0.4, -0.2) is 29.9 Å². The molecule has 5 heteroatoms. The van der Waals surface area contributed by atoms with Crippen molar-refractivity contribution in [3.05, 3.63) is 59.7 Å². The van der Waals surface area contributed by atoms with Gasteiger partial charge in [0.05, 0.1) is 5.33 Å². The van der Waals surface area contributed by atoms with E-state index < -0.39 is 0 Å². The van der Waals surface area contributed by atoms with E-state index in [0.717, 1.165) is 25.7 Å². The molecule has 0 saturated heterocycles. The highest BCUT2D eigenvalue weighted by Gasteiger charge is 2.30. The van der Waals surface area contributed by atoms with Crippen molar-refractivity contribution in [1.29, 1.82) is 0 Å². The van der Waals surface area contributed by atoms with Crippen LogP contribution >= 0.6 is 15.9 Å². The first-order valence-corrected chi connectivity index (χ1v) is 11.0. The average molecular weight is 442 g/mol. The number of ketones is 1. The predicted octanol–water partition coefficient (Wildman–Crippen LogP) is 5.05. The summed E-state index contributed by atoms with van der Waals surface area (Å²) in [6.07, 6.45) is 2.95. The van der Waals surface area contributed by atoms with Crippen LogP contribution < -0.4 is 5.32 Å². The summed E-state index contributed by atoms with van der Waals surface area (Å²) in [7, 11) is 0. The van der Waals surface area contributed by atoms with Crippen LogP contribution in [0.5, 0.6) is 0 Å². The molecule has 28 heavy (non-hydrogen) atoms. The second kappa shape index (κ2) is 8.48. The summed E-state index contributed by atoms with van der Waals surface area (Å²) >= 11 is 3.24. The Morgan fingerprint density at radius 1 is 0.929 bits per heavy atom. The van der Waals surface area contributed by atoms with Crippen molar-refractivity contribution in [2.75, 3.05) is 11.9 Å². The van der Waals surface area contributed by atoms with Gasteiger partial charge in [0, 0.05) is 17.9 Å². The van der Waals surface area contributed by atoms with Gasteiger partial charge in [0.2, 0.25) is 0 Å². The van der Waals surface area contributed by atoms with Gasteiger partial charge in [-0.3, -0.25) is 4.79 Å². The van der Waals surface area contributed by atoms with Gasteiger partial charge in [0.1, 0.15) is 12.4 Å². The molecule has 0 unspecified atom stereocenters. The summed E-state index contributed by atoms with van der Waals surface area (Å²) in [5, 5.41) is 3.40. The third-order valence-electron chi connectivity index (χ3n) is 5.98. The maximum absolute atomic E-state index is 12.4. The second-order valence-electron chi connectivity index (χ2n) is 7.62. The summed E-state index contributed by atoms with van der Waals surface area (Å²) < 4.78 is 5.61. The van der Waals surface area contributed by atoms with E-state index in [-0.39, 0.29) is 29.8 Å². The molecule has 2 aliphatic carbocycles. The molecular formula is C23H24BrNO3. The highest BCUT2D eigenvalue weighted by Crippen LogP contribution is 2.44. The number of halogens is 1. The van der Waals surface area contributed by atoms with Crippen molar-refractivity contribution in [3.63, 3.8) is 0 Å². The van der Waals surface area contributed by atoms with Gasteiger partial charge < -0.3 is 10.1 Å². The lowest BCUT2D eigenvalue weighted by molar-refractivity contribution is -0.121. The second-order valence-corrected chi connectivity index (χ2v) is 8.18. The summed E-state index contributed by atoms with van der Waals surface area (Å²) in [5.74, 6) is 0.463. The van der Waals surface area contributed by atoms with Crippen LogP contribution in [0.15, 0.2) is 48.5 Å².